The number of hydrogen-bond acceptors (Lipinski definition) is 2. The fourth-order valence-corrected chi connectivity index (χ4v) is 1.71. The number of carbonyl (C=O) groups excluding carboxylic acids is 1. The molecule has 0 aliphatic rings. The number of nitrogens with zero attached hydrogens (tertiary/aromatic N) is 1. The predicted octanol–water partition coefficient (Wildman–Crippen LogP) is 2.32. The molecule has 2 N–H and O–H groups in total. The van der Waals surface area contributed by atoms with Crippen molar-refractivity contribution in [2.24, 2.45) is 5.73 Å². The van der Waals surface area contributed by atoms with Crippen LogP contribution in [0.1, 0.15) is 15.9 Å². The van der Waals surface area contributed by atoms with Gasteiger partial charge in [-0.05, 0) is 29.3 Å². The number of carbonyl (C=O) groups is 1. The summed E-state index contributed by atoms with van der Waals surface area (Å²) in [6, 6.07) is 16.2. The third kappa shape index (κ3) is 2.16. The fourth-order valence-electron chi connectivity index (χ4n) is 1.71. The first-order valence-electron chi connectivity index (χ1n) is 5.12. The van der Waals surface area contributed by atoms with E-state index in [9.17, 15) is 4.79 Å². The molecule has 3 heteroatoms. The standard InChI is InChI=1S/C14H10N2O/c15-9-10-4-3-5-11(8-10)12-6-1-2-7-13(12)14(16)17/h1-8H,(H2,16,17). The maximum atomic E-state index is 11.3. The van der Waals surface area contributed by atoms with Crippen LogP contribution in [0.25, 0.3) is 11.1 Å². The van der Waals surface area contributed by atoms with Crippen LogP contribution in [-0.2, 0) is 0 Å². The number of primary amides is 1. The molecule has 1 amide bonds. The Morgan fingerprint density at radius 2 is 1.88 bits per heavy atom. The number of nitrogens with two attached hydrogens (primary N) is 1. The Balaban J connectivity index is 2.61. The van der Waals surface area contributed by atoms with Crippen molar-refractivity contribution in [2.75, 3.05) is 0 Å². The van der Waals surface area contributed by atoms with Crippen molar-refractivity contribution in [2.45, 2.75) is 0 Å². The molecular formula is C14H10N2O. The molecule has 82 valence electrons. The van der Waals surface area contributed by atoms with Gasteiger partial charge >= 0.3 is 0 Å². The minimum atomic E-state index is -0.469. The number of benzene rings is 2. The summed E-state index contributed by atoms with van der Waals surface area (Å²) < 4.78 is 0. The summed E-state index contributed by atoms with van der Waals surface area (Å²) in [6.07, 6.45) is 0. The summed E-state index contributed by atoms with van der Waals surface area (Å²) in [6.45, 7) is 0. The first kappa shape index (κ1) is 10.9. The second kappa shape index (κ2) is 4.50. The zero-order chi connectivity index (χ0) is 12.3. The normalized spacial score (nSPS) is 9.59. The van der Waals surface area contributed by atoms with Gasteiger partial charge in [0.05, 0.1) is 11.6 Å². The minimum absolute atomic E-state index is 0.461. The molecule has 0 aliphatic carbocycles. The van der Waals surface area contributed by atoms with Crippen LogP contribution >= 0.6 is 0 Å². The van der Waals surface area contributed by atoms with E-state index in [1.165, 1.54) is 0 Å². The van der Waals surface area contributed by atoms with Crippen LogP contribution in [0.15, 0.2) is 48.5 Å². The zero-order valence-electron chi connectivity index (χ0n) is 9.05. The molecule has 0 saturated heterocycles. The lowest BCUT2D eigenvalue weighted by Crippen LogP contribution is -2.12. The average Bonchev–Trinajstić information content (AvgIpc) is 2.39. The van der Waals surface area contributed by atoms with Crippen molar-refractivity contribution in [1.82, 2.24) is 0 Å². The van der Waals surface area contributed by atoms with Gasteiger partial charge in [0, 0.05) is 5.56 Å². The van der Waals surface area contributed by atoms with Gasteiger partial charge in [0.15, 0.2) is 0 Å². The second-order valence-corrected chi connectivity index (χ2v) is 3.60. The van der Waals surface area contributed by atoms with Crippen LogP contribution in [0.5, 0.6) is 0 Å². The molecule has 0 saturated carbocycles. The maximum absolute atomic E-state index is 11.3. The molecule has 0 aliphatic heterocycles. The van der Waals surface area contributed by atoms with Gasteiger partial charge in [-0.2, -0.15) is 5.26 Å². The molecule has 0 atom stereocenters. The van der Waals surface area contributed by atoms with E-state index in [1.54, 1.807) is 30.3 Å². The SMILES string of the molecule is N#Cc1cccc(-c2ccccc2C(N)=O)c1. The van der Waals surface area contributed by atoms with Gasteiger partial charge in [0.1, 0.15) is 0 Å². The number of nitriles is 1. The van der Waals surface area contributed by atoms with E-state index in [2.05, 4.69) is 6.07 Å². The summed E-state index contributed by atoms with van der Waals surface area (Å²) in [5, 5.41) is 8.85. The van der Waals surface area contributed by atoms with Gasteiger partial charge in [0.2, 0.25) is 5.91 Å². The van der Waals surface area contributed by atoms with Crippen molar-refractivity contribution in [1.29, 1.82) is 5.26 Å². The summed E-state index contributed by atoms with van der Waals surface area (Å²) >= 11 is 0. The van der Waals surface area contributed by atoms with Gasteiger partial charge in [-0.15, -0.1) is 0 Å². The van der Waals surface area contributed by atoms with Crippen LogP contribution in [0, 0.1) is 11.3 Å². The van der Waals surface area contributed by atoms with E-state index in [0.717, 1.165) is 11.1 Å². The van der Waals surface area contributed by atoms with Gasteiger partial charge in [-0.25, -0.2) is 0 Å². The lowest BCUT2D eigenvalue weighted by Gasteiger charge is -2.06. The Hall–Kier alpha value is -2.60. The molecule has 0 unspecified atom stereocenters. The molecule has 17 heavy (non-hydrogen) atoms. The van der Waals surface area contributed by atoms with E-state index >= 15 is 0 Å². The first-order chi connectivity index (χ1) is 8.22. The van der Waals surface area contributed by atoms with Gasteiger partial charge < -0.3 is 5.73 Å². The second-order valence-electron chi connectivity index (χ2n) is 3.60. The topological polar surface area (TPSA) is 66.9 Å². The van der Waals surface area contributed by atoms with Crippen molar-refractivity contribution < 1.29 is 4.79 Å². The van der Waals surface area contributed by atoms with E-state index < -0.39 is 5.91 Å². The van der Waals surface area contributed by atoms with Crippen molar-refractivity contribution in [3.05, 3.63) is 59.7 Å². The van der Waals surface area contributed by atoms with Crippen molar-refractivity contribution in [3.63, 3.8) is 0 Å². The van der Waals surface area contributed by atoms with Gasteiger partial charge in [-0.1, -0.05) is 30.3 Å². The maximum Gasteiger partial charge on any atom is 0.249 e. The summed E-state index contributed by atoms with van der Waals surface area (Å²) in [5.41, 5.74) is 7.90. The third-order valence-corrected chi connectivity index (χ3v) is 2.50. The zero-order valence-corrected chi connectivity index (χ0v) is 9.05. The Bertz CT molecular complexity index is 612. The molecule has 0 heterocycles. The first-order valence-corrected chi connectivity index (χ1v) is 5.12. The highest BCUT2D eigenvalue weighted by Crippen LogP contribution is 2.24. The van der Waals surface area contributed by atoms with E-state index in [4.69, 9.17) is 11.0 Å². The average molecular weight is 222 g/mol. The van der Waals surface area contributed by atoms with Crippen molar-refractivity contribution in [3.8, 4) is 17.2 Å². The van der Waals surface area contributed by atoms with Crippen LogP contribution in [0.4, 0.5) is 0 Å². The lowest BCUT2D eigenvalue weighted by molar-refractivity contribution is 0.100. The Morgan fingerprint density at radius 1 is 1.12 bits per heavy atom. The van der Waals surface area contributed by atoms with Crippen LogP contribution in [0.3, 0.4) is 0 Å². The van der Waals surface area contributed by atoms with Crippen LogP contribution < -0.4 is 5.73 Å². The summed E-state index contributed by atoms with van der Waals surface area (Å²) in [7, 11) is 0. The van der Waals surface area contributed by atoms with Crippen molar-refractivity contribution >= 4 is 5.91 Å². The summed E-state index contributed by atoms with van der Waals surface area (Å²) in [5.74, 6) is -0.469. The van der Waals surface area contributed by atoms with Gasteiger partial charge in [-0.3, -0.25) is 4.79 Å². The highest BCUT2D eigenvalue weighted by atomic mass is 16.1. The molecule has 2 aromatic rings. The molecule has 0 fully saturated rings. The summed E-state index contributed by atoms with van der Waals surface area (Å²) in [4.78, 5) is 11.3. The lowest BCUT2D eigenvalue weighted by atomic mass is 9.98. The third-order valence-electron chi connectivity index (χ3n) is 2.50. The van der Waals surface area contributed by atoms with E-state index in [-0.39, 0.29) is 0 Å². The van der Waals surface area contributed by atoms with Crippen LogP contribution in [0.2, 0.25) is 0 Å². The highest BCUT2D eigenvalue weighted by Gasteiger charge is 2.09. The Labute approximate surface area is 99.1 Å². The number of hydrogen-bond donors (Lipinski definition) is 1. The Morgan fingerprint density at radius 3 is 2.59 bits per heavy atom. The number of rotatable bonds is 2. The number of amides is 1. The molecular weight excluding hydrogens is 212 g/mol. The van der Waals surface area contributed by atoms with Crippen LogP contribution in [-0.4, -0.2) is 5.91 Å². The Kier molecular flexibility index (Phi) is 2.89. The monoisotopic (exact) mass is 222 g/mol. The molecule has 0 bridgehead atoms. The molecule has 3 nitrogen and oxygen atoms in total. The highest BCUT2D eigenvalue weighted by molar-refractivity contribution is 5.99. The molecule has 0 spiro atoms. The molecule has 2 aromatic carbocycles. The fraction of sp³-hybridized carbons (Fsp3) is 0. The smallest absolute Gasteiger partial charge is 0.249 e. The largest absolute Gasteiger partial charge is 0.366 e. The molecule has 2 rings (SSSR count). The predicted molar refractivity (Wildman–Crippen MR) is 65.1 cm³/mol. The van der Waals surface area contributed by atoms with E-state index in [0.29, 0.717) is 11.1 Å². The van der Waals surface area contributed by atoms with E-state index in [1.807, 2.05) is 18.2 Å². The minimum Gasteiger partial charge on any atom is -0.366 e. The van der Waals surface area contributed by atoms with Gasteiger partial charge in [0.25, 0.3) is 0 Å². The quantitative estimate of drug-likeness (QED) is 0.847. The molecule has 0 aromatic heterocycles. The molecule has 0 radical (unpaired) electrons.